The lowest BCUT2D eigenvalue weighted by molar-refractivity contribution is 0.595. The molecule has 20 heavy (non-hydrogen) atoms. The van der Waals surface area contributed by atoms with Crippen molar-refractivity contribution in [1.29, 1.82) is 0 Å². The second-order valence-corrected chi connectivity index (χ2v) is 6.46. The van der Waals surface area contributed by atoms with Gasteiger partial charge in [-0.05, 0) is 24.3 Å². The molecule has 0 saturated carbocycles. The van der Waals surface area contributed by atoms with Crippen molar-refractivity contribution >= 4 is 50.6 Å². The highest BCUT2D eigenvalue weighted by atomic mass is 35.5. The van der Waals surface area contributed by atoms with Crippen LogP contribution in [0.4, 0.5) is 10.2 Å². The first-order chi connectivity index (χ1) is 9.33. The van der Waals surface area contributed by atoms with Crippen LogP contribution in [0, 0.1) is 5.82 Å². The van der Waals surface area contributed by atoms with Gasteiger partial charge in [0.25, 0.3) is 10.0 Å². The molecule has 106 valence electrons. The van der Waals surface area contributed by atoms with Gasteiger partial charge in [0.1, 0.15) is 4.90 Å². The SMILES string of the molecule is O=S(=O)(Nc1ncccc1Cl)c1ccc(Cl)c(F)c1Cl. The number of nitrogens with zero attached hydrogens (tertiary/aromatic N) is 1. The van der Waals surface area contributed by atoms with E-state index in [-0.39, 0.29) is 15.9 Å². The van der Waals surface area contributed by atoms with Crippen LogP contribution in [0.3, 0.4) is 0 Å². The molecule has 2 aromatic rings. The zero-order chi connectivity index (χ0) is 14.9. The summed E-state index contributed by atoms with van der Waals surface area (Å²) in [5.41, 5.74) is 0. The maximum Gasteiger partial charge on any atom is 0.264 e. The highest BCUT2D eigenvalue weighted by molar-refractivity contribution is 7.92. The molecule has 1 aromatic carbocycles. The summed E-state index contributed by atoms with van der Waals surface area (Å²) in [7, 11) is -4.13. The lowest BCUT2D eigenvalue weighted by Gasteiger charge is -2.10. The average molecular weight is 356 g/mol. The van der Waals surface area contributed by atoms with Gasteiger partial charge in [0.05, 0.1) is 15.1 Å². The summed E-state index contributed by atoms with van der Waals surface area (Å²) in [6.45, 7) is 0. The van der Waals surface area contributed by atoms with Crippen LogP contribution in [0.2, 0.25) is 15.1 Å². The Morgan fingerprint density at radius 2 is 1.80 bits per heavy atom. The van der Waals surface area contributed by atoms with Crippen LogP contribution in [0.1, 0.15) is 0 Å². The largest absolute Gasteiger partial charge is 0.264 e. The summed E-state index contributed by atoms with van der Waals surface area (Å²) in [6, 6.07) is 5.18. The number of hydrogen-bond acceptors (Lipinski definition) is 3. The van der Waals surface area contributed by atoms with Gasteiger partial charge in [0.2, 0.25) is 0 Å². The lowest BCUT2D eigenvalue weighted by Crippen LogP contribution is -2.15. The Morgan fingerprint density at radius 1 is 1.10 bits per heavy atom. The van der Waals surface area contributed by atoms with Crippen LogP contribution in [0.5, 0.6) is 0 Å². The molecular weight excluding hydrogens is 350 g/mol. The quantitative estimate of drug-likeness (QED) is 0.847. The number of sulfonamides is 1. The molecule has 0 fully saturated rings. The van der Waals surface area contributed by atoms with E-state index in [0.29, 0.717) is 0 Å². The Morgan fingerprint density at radius 3 is 2.45 bits per heavy atom. The van der Waals surface area contributed by atoms with Crippen molar-refractivity contribution in [1.82, 2.24) is 4.98 Å². The smallest absolute Gasteiger partial charge is 0.262 e. The van der Waals surface area contributed by atoms with E-state index in [2.05, 4.69) is 9.71 Å². The van der Waals surface area contributed by atoms with Gasteiger partial charge in [-0.25, -0.2) is 17.8 Å². The fraction of sp³-hybridized carbons (Fsp3) is 0. The molecule has 0 bridgehead atoms. The number of anilines is 1. The van der Waals surface area contributed by atoms with Gasteiger partial charge < -0.3 is 0 Å². The Hall–Kier alpha value is -1.08. The van der Waals surface area contributed by atoms with Crippen LogP contribution in [-0.4, -0.2) is 13.4 Å². The number of hydrogen-bond donors (Lipinski definition) is 1. The molecule has 0 aliphatic rings. The Labute approximate surface area is 129 Å². The van der Waals surface area contributed by atoms with Gasteiger partial charge in [0.15, 0.2) is 11.6 Å². The van der Waals surface area contributed by atoms with Gasteiger partial charge >= 0.3 is 0 Å². The molecule has 4 nitrogen and oxygen atoms in total. The number of aromatic nitrogens is 1. The van der Waals surface area contributed by atoms with Crippen LogP contribution in [-0.2, 0) is 10.0 Å². The Kier molecular flexibility index (Phi) is 4.39. The van der Waals surface area contributed by atoms with Crippen molar-refractivity contribution in [2.45, 2.75) is 4.90 Å². The topological polar surface area (TPSA) is 59.1 Å². The normalized spacial score (nSPS) is 11.4. The molecule has 0 amide bonds. The number of halogens is 4. The molecule has 0 aliphatic carbocycles. The Bertz CT molecular complexity index is 768. The van der Waals surface area contributed by atoms with Crippen LogP contribution < -0.4 is 4.72 Å². The first-order valence-corrected chi connectivity index (χ1v) is 7.71. The zero-order valence-corrected chi connectivity index (χ0v) is 12.7. The van der Waals surface area contributed by atoms with Gasteiger partial charge in [-0.15, -0.1) is 0 Å². The molecule has 0 unspecified atom stereocenters. The van der Waals surface area contributed by atoms with E-state index < -0.39 is 25.8 Å². The highest BCUT2D eigenvalue weighted by Gasteiger charge is 2.23. The predicted molar refractivity (Wildman–Crippen MR) is 76.5 cm³/mol. The van der Waals surface area contributed by atoms with Crippen LogP contribution in [0.15, 0.2) is 35.4 Å². The molecule has 2 rings (SSSR count). The van der Waals surface area contributed by atoms with Crippen molar-refractivity contribution in [3.05, 3.63) is 51.3 Å². The van der Waals surface area contributed by atoms with Gasteiger partial charge in [0, 0.05) is 6.20 Å². The minimum absolute atomic E-state index is 0.0828. The minimum Gasteiger partial charge on any atom is -0.262 e. The lowest BCUT2D eigenvalue weighted by atomic mass is 10.3. The highest BCUT2D eigenvalue weighted by Crippen LogP contribution is 2.31. The van der Waals surface area contributed by atoms with E-state index in [0.717, 1.165) is 12.1 Å². The first kappa shape index (κ1) is 15.3. The second kappa shape index (κ2) is 5.73. The maximum absolute atomic E-state index is 13.5. The molecule has 1 N–H and O–H groups in total. The number of benzene rings is 1. The van der Waals surface area contributed by atoms with E-state index in [1.54, 1.807) is 0 Å². The fourth-order valence-electron chi connectivity index (χ4n) is 1.36. The van der Waals surface area contributed by atoms with E-state index in [9.17, 15) is 12.8 Å². The number of pyridine rings is 1. The summed E-state index contributed by atoms with van der Waals surface area (Å²) in [6.07, 6.45) is 1.35. The van der Waals surface area contributed by atoms with Crippen molar-refractivity contribution in [3.8, 4) is 0 Å². The third kappa shape index (κ3) is 2.98. The molecule has 0 spiro atoms. The third-order valence-corrected chi connectivity index (χ3v) is 4.74. The molecule has 0 aliphatic heterocycles. The monoisotopic (exact) mass is 354 g/mol. The second-order valence-electron chi connectivity index (χ2n) is 3.61. The van der Waals surface area contributed by atoms with E-state index in [1.165, 1.54) is 18.3 Å². The van der Waals surface area contributed by atoms with Crippen molar-refractivity contribution in [3.63, 3.8) is 0 Å². The van der Waals surface area contributed by atoms with Crippen LogP contribution in [0.25, 0.3) is 0 Å². The van der Waals surface area contributed by atoms with E-state index in [4.69, 9.17) is 34.8 Å². The molecule has 1 aromatic heterocycles. The molecular formula is C11H6Cl3FN2O2S. The van der Waals surface area contributed by atoms with Crippen molar-refractivity contribution in [2.75, 3.05) is 4.72 Å². The minimum atomic E-state index is -4.13. The summed E-state index contributed by atoms with van der Waals surface area (Å²) in [5.74, 6) is -1.09. The maximum atomic E-state index is 13.5. The summed E-state index contributed by atoms with van der Waals surface area (Å²) in [4.78, 5) is 3.32. The first-order valence-electron chi connectivity index (χ1n) is 5.10. The van der Waals surface area contributed by atoms with Gasteiger partial charge in [-0.2, -0.15) is 0 Å². The standard InChI is InChI=1S/C11H6Cl3FN2O2S/c12-6-3-4-8(9(14)10(6)15)20(18,19)17-11-7(13)2-1-5-16-11/h1-5H,(H,16,17). The van der Waals surface area contributed by atoms with Crippen molar-refractivity contribution in [2.24, 2.45) is 0 Å². The summed E-state index contributed by atoms with van der Waals surface area (Å²) >= 11 is 17.0. The molecule has 0 radical (unpaired) electrons. The van der Waals surface area contributed by atoms with E-state index >= 15 is 0 Å². The Balaban J connectivity index is 2.47. The van der Waals surface area contributed by atoms with E-state index in [1.807, 2.05) is 0 Å². The molecule has 0 saturated heterocycles. The fourth-order valence-corrected chi connectivity index (χ4v) is 3.36. The van der Waals surface area contributed by atoms with Crippen molar-refractivity contribution < 1.29 is 12.8 Å². The average Bonchev–Trinajstić information content (AvgIpc) is 2.38. The zero-order valence-electron chi connectivity index (χ0n) is 9.57. The van der Waals surface area contributed by atoms with Gasteiger partial charge in [-0.3, -0.25) is 4.72 Å². The summed E-state index contributed by atoms with van der Waals surface area (Å²) in [5, 5.41) is -0.775. The van der Waals surface area contributed by atoms with Crippen LogP contribution >= 0.6 is 34.8 Å². The number of nitrogens with one attached hydrogen (secondary N) is 1. The third-order valence-electron chi connectivity index (χ3n) is 2.28. The molecule has 1 heterocycles. The summed E-state index contributed by atoms with van der Waals surface area (Å²) < 4.78 is 39.9. The molecule has 0 atom stereocenters. The number of rotatable bonds is 3. The van der Waals surface area contributed by atoms with Gasteiger partial charge in [-0.1, -0.05) is 34.8 Å². The molecule has 9 heteroatoms. The predicted octanol–water partition coefficient (Wildman–Crippen LogP) is 3.98.